The molecule has 0 saturated carbocycles. The van der Waals surface area contributed by atoms with Crippen molar-refractivity contribution in [3.05, 3.63) is 64.1 Å². The third kappa shape index (κ3) is 4.94. The molecule has 1 aromatic carbocycles. The van der Waals surface area contributed by atoms with Crippen molar-refractivity contribution in [3.63, 3.8) is 0 Å². The molecule has 3 aromatic rings. The summed E-state index contributed by atoms with van der Waals surface area (Å²) in [6, 6.07) is 13.9. The maximum Gasteiger partial charge on any atom is 0.230 e. The molecule has 0 atom stereocenters. The van der Waals surface area contributed by atoms with Crippen LogP contribution in [-0.2, 0) is 17.8 Å². The van der Waals surface area contributed by atoms with Gasteiger partial charge in [-0.05, 0) is 17.0 Å². The van der Waals surface area contributed by atoms with Crippen LogP contribution in [0.1, 0.15) is 16.3 Å². The summed E-state index contributed by atoms with van der Waals surface area (Å²) in [7, 11) is 0. The highest BCUT2D eigenvalue weighted by Crippen LogP contribution is 2.16. The van der Waals surface area contributed by atoms with Crippen molar-refractivity contribution >= 4 is 29.0 Å². The molecule has 7 heteroatoms. The van der Waals surface area contributed by atoms with Crippen LogP contribution in [0.15, 0.2) is 53.0 Å². The minimum atomic E-state index is -0.0246. The van der Waals surface area contributed by atoms with Crippen molar-refractivity contribution in [1.29, 1.82) is 0 Å². The van der Waals surface area contributed by atoms with Gasteiger partial charge in [-0.25, -0.2) is 4.98 Å². The highest BCUT2D eigenvalue weighted by molar-refractivity contribution is 7.99. The number of carbonyl (C=O) groups excluding carboxylic acids is 1. The van der Waals surface area contributed by atoms with Gasteiger partial charge in [0, 0.05) is 17.8 Å². The van der Waals surface area contributed by atoms with Gasteiger partial charge in [-0.1, -0.05) is 48.2 Å². The summed E-state index contributed by atoms with van der Waals surface area (Å²) in [4.78, 5) is 17.5. The molecule has 0 unspecified atom stereocenters. The van der Waals surface area contributed by atoms with E-state index in [0.717, 1.165) is 17.8 Å². The summed E-state index contributed by atoms with van der Waals surface area (Å²) < 4.78 is 0. The van der Waals surface area contributed by atoms with E-state index < -0.39 is 0 Å². The zero-order valence-corrected chi connectivity index (χ0v) is 14.0. The van der Waals surface area contributed by atoms with E-state index in [-0.39, 0.29) is 5.91 Å². The van der Waals surface area contributed by atoms with E-state index in [4.69, 9.17) is 0 Å². The van der Waals surface area contributed by atoms with Gasteiger partial charge in [-0.2, -0.15) is 0 Å². The van der Waals surface area contributed by atoms with Crippen LogP contribution in [0.4, 0.5) is 0 Å². The van der Waals surface area contributed by atoms with E-state index in [1.165, 1.54) is 16.6 Å². The molecule has 0 aliphatic carbocycles. The van der Waals surface area contributed by atoms with Gasteiger partial charge in [0.25, 0.3) is 0 Å². The molecule has 5 nitrogen and oxygen atoms in total. The minimum absolute atomic E-state index is 0.0246. The molecule has 23 heavy (non-hydrogen) atoms. The quantitative estimate of drug-likeness (QED) is 0.647. The van der Waals surface area contributed by atoms with E-state index in [9.17, 15) is 4.79 Å². The van der Waals surface area contributed by atoms with Crippen LogP contribution in [0.3, 0.4) is 0 Å². The molecule has 2 heterocycles. The fourth-order valence-electron chi connectivity index (χ4n) is 1.98. The number of aromatic nitrogens is 3. The smallest absolute Gasteiger partial charge is 0.230 e. The molecule has 0 aliphatic rings. The molecular weight excluding hydrogens is 328 g/mol. The number of hydrogen-bond acceptors (Lipinski definition) is 5. The van der Waals surface area contributed by atoms with Crippen LogP contribution < -0.4 is 5.32 Å². The Kier molecular flexibility index (Phi) is 5.44. The topological polar surface area (TPSA) is 70.7 Å². The third-order valence-corrected chi connectivity index (χ3v) is 4.82. The van der Waals surface area contributed by atoms with Crippen molar-refractivity contribution in [3.8, 4) is 0 Å². The molecule has 2 aromatic heterocycles. The van der Waals surface area contributed by atoms with Crippen molar-refractivity contribution in [2.24, 2.45) is 0 Å². The van der Waals surface area contributed by atoms with Gasteiger partial charge in [0.05, 0.1) is 5.75 Å². The monoisotopic (exact) mass is 344 g/mol. The lowest BCUT2D eigenvalue weighted by Crippen LogP contribution is -2.24. The SMILES string of the molecule is O=C(CSc1n[nH]c(Cc2cccs2)n1)NCc1ccccc1. The average Bonchev–Trinajstić information content (AvgIpc) is 3.24. The lowest BCUT2D eigenvalue weighted by Gasteiger charge is -2.03. The lowest BCUT2D eigenvalue weighted by atomic mass is 10.2. The number of carbonyl (C=O) groups is 1. The molecule has 2 N–H and O–H groups in total. The first-order chi connectivity index (χ1) is 11.3. The summed E-state index contributed by atoms with van der Waals surface area (Å²) in [5.41, 5.74) is 1.09. The first-order valence-electron chi connectivity index (χ1n) is 7.16. The molecule has 118 valence electrons. The van der Waals surface area contributed by atoms with Crippen LogP contribution in [0.2, 0.25) is 0 Å². The minimum Gasteiger partial charge on any atom is -0.351 e. The second-order valence-electron chi connectivity index (χ2n) is 4.87. The zero-order valence-electron chi connectivity index (χ0n) is 12.4. The molecular formula is C16H16N4OS2. The Labute approximate surface area is 142 Å². The Morgan fingerprint density at radius 3 is 2.87 bits per heavy atom. The van der Waals surface area contributed by atoms with Crippen LogP contribution >= 0.6 is 23.1 Å². The Morgan fingerprint density at radius 2 is 2.09 bits per heavy atom. The molecule has 0 fully saturated rings. The van der Waals surface area contributed by atoms with E-state index in [1.54, 1.807) is 11.3 Å². The fourth-order valence-corrected chi connectivity index (χ4v) is 3.33. The number of nitrogens with one attached hydrogen (secondary N) is 2. The standard InChI is InChI=1S/C16H16N4OS2/c21-15(17-10-12-5-2-1-3-6-12)11-23-16-18-14(19-20-16)9-13-7-4-8-22-13/h1-8H,9-11H2,(H,17,21)(H,18,19,20). The number of thioether (sulfide) groups is 1. The third-order valence-electron chi connectivity index (χ3n) is 3.10. The summed E-state index contributed by atoms with van der Waals surface area (Å²) in [5, 5.41) is 12.6. The number of amides is 1. The second kappa shape index (κ2) is 7.94. The number of rotatable bonds is 7. The fraction of sp³-hybridized carbons (Fsp3) is 0.188. The van der Waals surface area contributed by atoms with Crippen LogP contribution in [-0.4, -0.2) is 26.8 Å². The Bertz CT molecular complexity index is 741. The van der Waals surface area contributed by atoms with E-state index in [2.05, 4.69) is 26.6 Å². The van der Waals surface area contributed by atoms with Gasteiger partial charge in [0.1, 0.15) is 5.82 Å². The highest BCUT2D eigenvalue weighted by Gasteiger charge is 2.08. The summed E-state index contributed by atoms with van der Waals surface area (Å²) >= 11 is 3.03. The highest BCUT2D eigenvalue weighted by atomic mass is 32.2. The second-order valence-corrected chi connectivity index (χ2v) is 6.85. The normalized spacial score (nSPS) is 10.6. The summed E-state index contributed by atoms with van der Waals surface area (Å²) in [6.07, 6.45) is 0.741. The van der Waals surface area contributed by atoms with E-state index >= 15 is 0 Å². The van der Waals surface area contributed by atoms with Gasteiger partial charge < -0.3 is 5.32 Å². The Hall–Kier alpha value is -2.12. The van der Waals surface area contributed by atoms with Crippen LogP contribution in [0, 0.1) is 0 Å². The number of nitrogens with zero attached hydrogens (tertiary/aromatic N) is 2. The first kappa shape index (κ1) is 15.8. The van der Waals surface area contributed by atoms with Gasteiger partial charge in [-0.3, -0.25) is 9.89 Å². The number of hydrogen-bond donors (Lipinski definition) is 2. The summed E-state index contributed by atoms with van der Waals surface area (Å²) in [6.45, 7) is 0.540. The van der Waals surface area contributed by atoms with E-state index in [1.807, 2.05) is 41.8 Å². The molecule has 0 aliphatic heterocycles. The van der Waals surface area contributed by atoms with Crippen LogP contribution in [0.25, 0.3) is 0 Å². The Balaban J connectivity index is 1.43. The van der Waals surface area contributed by atoms with Crippen molar-refractivity contribution < 1.29 is 4.79 Å². The van der Waals surface area contributed by atoms with Crippen molar-refractivity contribution in [2.45, 2.75) is 18.1 Å². The molecule has 0 bridgehead atoms. The molecule has 0 spiro atoms. The maximum atomic E-state index is 11.9. The van der Waals surface area contributed by atoms with Crippen molar-refractivity contribution in [2.75, 3.05) is 5.75 Å². The predicted octanol–water partition coefficient (Wildman–Crippen LogP) is 2.87. The number of benzene rings is 1. The molecule has 3 rings (SSSR count). The Morgan fingerprint density at radius 1 is 1.22 bits per heavy atom. The molecule has 1 amide bonds. The zero-order chi connectivity index (χ0) is 15.9. The van der Waals surface area contributed by atoms with Crippen molar-refractivity contribution in [1.82, 2.24) is 20.5 Å². The number of thiophene rings is 1. The number of H-pyrrole nitrogens is 1. The lowest BCUT2D eigenvalue weighted by molar-refractivity contribution is -0.118. The molecule has 0 radical (unpaired) electrons. The van der Waals surface area contributed by atoms with Gasteiger partial charge in [0.15, 0.2) is 0 Å². The average molecular weight is 344 g/mol. The predicted molar refractivity (Wildman–Crippen MR) is 92.5 cm³/mol. The first-order valence-corrected chi connectivity index (χ1v) is 9.03. The van der Waals surface area contributed by atoms with Gasteiger partial charge in [-0.15, -0.1) is 16.4 Å². The van der Waals surface area contributed by atoms with Gasteiger partial charge >= 0.3 is 0 Å². The van der Waals surface area contributed by atoms with E-state index in [0.29, 0.717) is 17.5 Å². The largest absolute Gasteiger partial charge is 0.351 e. The van der Waals surface area contributed by atoms with Gasteiger partial charge in [0.2, 0.25) is 11.1 Å². The number of aromatic amines is 1. The molecule has 0 saturated heterocycles. The maximum absolute atomic E-state index is 11.9. The van der Waals surface area contributed by atoms with Crippen LogP contribution in [0.5, 0.6) is 0 Å². The summed E-state index contributed by atoms with van der Waals surface area (Å²) in [5.74, 6) is 1.10.